The minimum atomic E-state index is -3.58. The Bertz CT molecular complexity index is 683. The summed E-state index contributed by atoms with van der Waals surface area (Å²) in [6.07, 6.45) is 0. The molecule has 2 aromatic rings. The van der Waals surface area contributed by atoms with Crippen LogP contribution in [0.1, 0.15) is 35.5 Å². The van der Waals surface area contributed by atoms with Gasteiger partial charge in [-0.1, -0.05) is 29.8 Å². The Morgan fingerprint density at radius 1 is 1.15 bits per heavy atom. The predicted molar refractivity (Wildman–Crippen MR) is 78.0 cm³/mol. The van der Waals surface area contributed by atoms with Crippen LogP contribution < -0.4 is 4.72 Å². The zero-order valence-corrected chi connectivity index (χ0v) is 12.9. The summed E-state index contributed by atoms with van der Waals surface area (Å²) in [5.41, 5.74) is 3.10. The van der Waals surface area contributed by atoms with Gasteiger partial charge in [-0.25, -0.2) is 13.1 Å². The first-order valence-electron chi connectivity index (χ1n) is 6.41. The van der Waals surface area contributed by atoms with E-state index in [1.165, 1.54) is 0 Å². The minimum Gasteiger partial charge on any atom is -0.281 e. The normalized spacial score (nSPS) is 13.4. The summed E-state index contributed by atoms with van der Waals surface area (Å²) in [4.78, 5) is 0.233. The first-order chi connectivity index (χ1) is 9.31. The number of rotatable bonds is 4. The molecule has 5 nitrogen and oxygen atoms in total. The highest BCUT2D eigenvalue weighted by Gasteiger charge is 2.24. The Balaban J connectivity index is 2.27. The second kappa shape index (κ2) is 5.38. The quantitative estimate of drug-likeness (QED) is 0.908. The molecule has 0 amide bonds. The van der Waals surface area contributed by atoms with Gasteiger partial charge in [-0.15, -0.1) is 0 Å². The third-order valence-electron chi connectivity index (χ3n) is 3.24. The number of hydrogen-bond donors (Lipinski definition) is 2. The van der Waals surface area contributed by atoms with Crippen LogP contribution in [0.25, 0.3) is 0 Å². The van der Waals surface area contributed by atoms with Crippen molar-refractivity contribution in [2.24, 2.45) is 0 Å². The third kappa shape index (κ3) is 2.91. The smallest absolute Gasteiger partial charge is 0.244 e. The molecule has 1 unspecified atom stereocenters. The van der Waals surface area contributed by atoms with Crippen LogP contribution >= 0.6 is 0 Å². The molecule has 1 aromatic carbocycles. The molecule has 2 rings (SSSR count). The van der Waals surface area contributed by atoms with Crippen molar-refractivity contribution in [3.05, 3.63) is 46.8 Å². The lowest BCUT2D eigenvalue weighted by molar-refractivity contribution is 0.566. The lowest BCUT2D eigenvalue weighted by Crippen LogP contribution is -2.27. The van der Waals surface area contributed by atoms with E-state index in [1.54, 1.807) is 13.8 Å². The molecule has 0 bridgehead atoms. The van der Waals surface area contributed by atoms with Gasteiger partial charge in [-0.3, -0.25) is 5.10 Å². The first-order valence-corrected chi connectivity index (χ1v) is 7.90. The second-order valence-electron chi connectivity index (χ2n) is 5.02. The molecular weight excluding hydrogens is 274 g/mol. The Morgan fingerprint density at radius 2 is 1.75 bits per heavy atom. The van der Waals surface area contributed by atoms with Crippen LogP contribution in [0.4, 0.5) is 0 Å². The minimum absolute atomic E-state index is 0.233. The van der Waals surface area contributed by atoms with E-state index in [2.05, 4.69) is 14.9 Å². The van der Waals surface area contributed by atoms with Crippen LogP contribution in [-0.2, 0) is 10.0 Å². The second-order valence-corrected chi connectivity index (χ2v) is 6.67. The summed E-state index contributed by atoms with van der Waals surface area (Å²) >= 11 is 0. The number of benzene rings is 1. The fourth-order valence-corrected chi connectivity index (χ4v) is 3.75. The SMILES string of the molecule is Cc1ccc(C(C)NS(=O)(=O)c2c(C)n[nH]c2C)cc1. The van der Waals surface area contributed by atoms with Gasteiger partial charge in [-0.05, 0) is 33.3 Å². The van der Waals surface area contributed by atoms with Gasteiger partial charge in [0.25, 0.3) is 0 Å². The van der Waals surface area contributed by atoms with Gasteiger partial charge in [0, 0.05) is 6.04 Å². The molecule has 1 atom stereocenters. The van der Waals surface area contributed by atoms with Crippen LogP contribution in [0, 0.1) is 20.8 Å². The van der Waals surface area contributed by atoms with Gasteiger partial charge in [-0.2, -0.15) is 5.10 Å². The maximum absolute atomic E-state index is 12.4. The molecule has 1 aromatic heterocycles. The maximum Gasteiger partial charge on any atom is 0.244 e. The number of nitrogens with one attached hydrogen (secondary N) is 2. The molecule has 0 aliphatic rings. The Kier molecular flexibility index (Phi) is 3.96. The highest BCUT2D eigenvalue weighted by atomic mass is 32.2. The van der Waals surface area contributed by atoms with Crippen molar-refractivity contribution in [2.45, 2.75) is 38.6 Å². The first kappa shape index (κ1) is 14.7. The fourth-order valence-electron chi connectivity index (χ4n) is 2.15. The van der Waals surface area contributed by atoms with E-state index in [0.717, 1.165) is 11.1 Å². The molecule has 1 heterocycles. The molecular formula is C14H19N3O2S. The van der Waals surface area contributed by atoms with Crippen LogP contribution in [0.2, 0.25) is 0 Å². The summed E-state index contributed by atoms with van der Waals surface area (Å²) in [6, 6.07) is 7.49. The Labute approximate surface area is 119 Å². The van der Waals surface area contributed by atoms with E-state index < -0.39 is 10.0 Å². The van der Waals surface area contributed by atoms with E-state index in [-0.39, 0.29) is 10.9 Å². The van der Waals surface area contributed by atoms with Crippen molar-refractivity contribution in [2.75, 3.05) is 0 Å². The molecule has 0 saturated carbocycles. The van der Waals surface area contributed by atoms with Crippen LogP contribution in [0.15, 0.2) is 29.2 Å². The van der Waals surface area contributed by atoms with Gasteiger partial charge in [0.1, 0.15) is 4.90 Å². The molecule has 0 radical (unpaired) electrons. The molecule has 0 aliphatic heterocycles. The Morgan fingerprint density at radius 3 is 2.25 bits per heavy atom. The van der Waals surface area contributed by atoms with E-state index in [1.807, 2.05) is 38.1 Å². The predicted octanol–water partition coefficient (Wildman–Crippen LogP) is 2.37. The molecule has 0 spiro atoms. The van der Waals surface area contributed by atoms with Gasteiger partial charge in [0.05, 0.1) is 11.4 Å². The zero-order chi connectivity index (χ0) is 14.9. The summed E-state index contributed by atoms with van der Waals surface area (Å²) in [5, 5.41) is 6.62. The maximum atomic E-state index is 12.4. The molecule has 2 N–H and O–H groups in total. The molecule has 0 fully saturated rings. The lowest BCUT2D eigenvalue weighted by atomic mass is 10.1. The van der Waals surface area contributed by atoms with Crippen LogP contribution in [0.5, 0.6) is 0 Å². The van der Waals surface area contributed by atoms with E-state index >= 15 is 0 Å². The lowest BCUT2D eigenvalue weighted by Gasteiger charge is -2.15. The van der Waals surface area contributed by atoms with Crippen molar-refractivity contribution >= 4 is 10.0 Å². The fraction of sp³-hybridized carbons (Fsp3) is 0.357. The van der Waals surface area contributed by atoms with E-state index in [4.69, 9.17) is 0 Å². The molecule has 20 heavy (non-hydrogen) atoms. The van der Waals surface area contributed by atoms with Crippen molar-refractivity contribution in [1.29, 1.82) is 0 Å². The van der Waals surface area contributed by atoms with Gasteiger partial charge >= 0.3 is 0 Å². The summed E-state index contributed by atoms with van der Waals surface area (Å²) in [6.45, 7) is 7.20. The zero-order valence-electron chi connectivity index (χ0n) is 12.1. The van der Waals surface area contributed by atoms with Crippen molar-refractivity contribution in [3.8, 4) is 0 Å². The summed E-state index contributed by atoms with van der Waals surface area (Å²) in [5.74, 6) is 0. The number of hydrogen-bond acceptors (Lipinski definition) is 3. The van der Waals surface area contributed by atoms with Gasteiger partial charge in [0.2, 0.25) is 10.0 Å². The topological polar surface area (TPSA) is 74.8 Å². The number of sulfonamides is 1. The van der Waals surface area contributed by atoms with Crippen molar-refractivity contribution < 1.29 is 8.42 Å². The average molecular weight is 293 g/mol. The number of aromatic amines is 1. The standard InChI is InChI=1S/C14H19N3O2S/c1-9-5-7-13(8-6-9)10(2)17-20(18,19)14-11(3)15-16-12(14)4/h5-8,10,17H,1-4H3,(H,15,16). The highest BCUT2D eigenvalue weighted by molar-refractivity contribution is 7.89. The van der Waals surface area contributed by atoms with Crippen LogP contribution in [0.3, 0.4) is 0 Å². The monoisotopic (exact) mass is 293 g/mol. The molecule has 6 heteroatoms. The van der Waals surface area contributed by atoms with Gasteiger partial charge < -0.3 is 0 Å². The van der Waals surface area contributed by atoms with Gasteiger partial charge in [0.15, 0.2) is 0 Å². The number of nitrogens with zero attached hydrogens (tertiary/aromatic N) is 1. The summed E-state index contributed by atoms with van der Waals surface area (Å²) < 4.78 is 27.5. The largest absolute Gasteiger partial charge is 0.281 e. The molecule has 0 saturated heterocycles. The van der Waals surface area contributed by atoms with E-state index in [0.29, 0.717) is 11.4 Å². The number of H-pyrrole nitrogens is 1. The third-order valence-corrected chi connectivity index (χ3v) is 5.04. The van der Waals surface area contributed by atoms with Crippen molar-refractivity contribution in [1.82, 2.24) is 14.9 Å². The Hall–Kier alpha value is -1.66. The molecule has 108 valence electrons. The van der Waals surface area contributed by atoms with Crippen molar-refractivity contribution in [3.63, 3.8) is 0 Å². The number of aromatic nitrogens is 2. The number of aryl methyl sites for hydroxylation is 3. The van der Waals surface area contributed by atoms with E-state index in [9.17, 15) is 8.42 Å². The average Bonchev–Trinajstić information content (AvgIpc) is 2.69. The summed E-state index contributed by atoms with van der Waals surface area (Å²) in [7, 11) is -3.58. The highest BCUT2D eigenvalue weighted by Crippen LogP contribution is 2.20. The molecule has 0 aliphatic carbocycles. The van der Waals surface area contributed by atoms with Crippen LogP contribution in [-0.4, -0.2) is 18.6 Å².